The maximum Gasteiger partial charge on any atom is 0.343 e. The largest absolute Gasteiger partial charge is 0.465 e. The average Bonchev–Trinajstić information content (AvgIpc) is 2.67. The van der Waals surface area contributed by atoms with E-state index in [1.165, 1.54) is 0 Å². The Morgan fingerprint density at radius 1 is 1.33 bits per heavy atom. The van der Waals surface area contributed by atoms with Crippen LogP contribution in [-0.2, 0) is 16.1 Å². The van der Waals surface area contributed by atoms with Crippen LogP contribution in [0, 0.1) is 21.4 Å². The number of benzene rings is 1. The van der Waals surface area contributed by atoms with E-state index in [0.29, 0.717) is 5.69 Å². The molecule has 1 heterocycles. The predicted molar refractivity (Wildman–Crippen MR) is 93.1 cm³/mol. The second kappa shape index (κ2) is 8.39. The molecule has 2 rings (SSSR count). The van der Waals surface area contributed by atoms with Crippen molar-refractivity contribution in [1.29, 1.82) is 5.26 Å². The summed E-state index contributed by atoms with van der Waals surface area (Å²) < 4.78 is 5.20. The predicted octanol–water partition coefficient (Wildman–Crippen LogP) is 1.10. The summed E-state index contributed by atoms with van der Waals surface area (Å²) in [6.07, 6.45) is 0.863. The summed E-state index contributed by atoms with van der Waals surface area (Å²) in [5.41, 5.74) is -1.60. The molecule has 2 aromatic rings. The number of rotatable bonds is 6. The minimum atomic E-state index is -1.05. The average molecular weight is 370 g/mol. The first-order valence-electron chi connectivity index (χ1n) is 7.58. The minimum absolute atomic E-state index is 0.281. The first kappa shape index (κ1) is 19.3. The molecule has 0 bridgehead atoms. The standard InChI is InChI=1S/C17H14N4O6/c1-27-17(24)14-9-13(21(25)26)10-19(16(14)23)11-15(22)20(8-7-18)12-5-3-2-4-6-12/h2-6,9-10H,8,11H2,1H3. The molecule has 0 saturated heterocycles. The zero-order valence-electron chi connectivity index (χ0n) is 14.2. The zero-order valence-corrected chi connectivity index (χ0v) is 14.2. The van der Waals surface area contributed by atoms with E-state index in [9.17, 15) is 24.5 Å². The van der Waals surface area contributed by atoms with Crippen LogP contribution in [0.25, 0.3) is 0 Å². The lowest BCUT2D eigenvalue weighted by molar-refractivity contribution is -0.385. The van der Waals surface area contributed by atoms with Crippen LogP contribution in [0.2, 0.25) is 0 Å². The van der Waals surface area contributed by atoms with E-state index in [1.807, 2.05) is 6.07 Å². The summed E-state index contributed by atoms with van der Waals surface area (Å²) >= 11 is 0. The molecule has 0 aliphatic rings. The third-order valence-electron chi connectivity index (χ3n) is 3.59. The van der Waals surface area contributed by atoms with E-state index >= 15 is 0 Å². The Balaban J connectivity index is 2.45. The number of amides is 1. The number of ether oxygens (including phenoxy) is 1. The molecule has 27 heavy (non-hydrogen) atoms. The number of methoxy groups -OCH3 is 1. The molecular formula is C17H14N4O6. The van der Waals surface area contributed by atoms with Crippen LogP contribution in [0.1, 0.15) is 10.4 Å². The van der Waals surface area contributed by atoms with Crippen molar-refractivity contribution in [2.45, 2.75) is 6.54 Å². The SMILES string of the molecule is COC(=O)c1cc([N+](=O)[O-])cn(CC(=O)N(CC#N)c2ccccc2)c1=O. The Hall–Kier alpha value is -4.00. The van der Waals surface area contributed by atoms with Crippen LogP contribution >= 0.6 is 0 Å². The van der Waals surface area contributed by atoms with Gasteiger partial charge in [-0.25, -0.2) is 4.79 Å². The number of para-hydroxylation sites is 1. The van der Waals surface area contributed by atoms with Crippen LogP contribution in [0.4, 0.5) is 11.4 Å². The molecule has 0 N–H and O–H groups in total. The highest BCUT2D eigenvalue weighted by Crippen LogP contribution is 2.15. The Morgan fingerprint density at radius 2 is 2.00 bits per heavy atom. The first-order valence-corrected chi connectivity index (χ1v) is 7.58. The van der Waals surface area contributed by atoms with Gasteiger partial charge in [-0.15, -0.1) is 0 Å². The van der Waals surface area contributed by atoms with E-state index in [0.717, 1.165) is 28.8 Å². The number of anilines is 1. The fourth-order valence-electron chi connectivity index (χ4n) is 2.33. The summed E-state index contributed by atoms with van der Waals surface area (Å²) in [6, 6.07) is 10.9. The van der Waals surface area contributed by atoms with Crippen molar-refractivity contribution in [2.75, 3.05) is 18.6 Å². The lowest BCUT2D eigenvalue weighted by Crippen LogP contribution is -2.38. The number of nitriles is 1. The van der Waals surface area contributed by atoms with Gasteiger partial charge in [0.25, 0.3) is 11.2 Å². The number of hydrogen-bond donors (Lipinski definition) is 0. The van der Waals surface area contributed by atoms with Crippen LogP contribution in [0.15, 0.2) is 47.4 Å². The van der Waals surface area contributed by atoms with Gasteiger partial charge in [0.1, 0.15) is 18.7 Å². The molecule has 0 saturated carbocycles. The van der Waals surface area contributed by atoms with E-state index in [2.05, 4.69) is 4.74 Å². The molecule has 0 aliphatic heterocycles. The van der Waals surface area contributed by atoms with E-state index in [4.69, 9.17) is 5.26 Å². The van der Waals surface area contributed by atoms with Crippen molar-refractivity contribution in [1.82, 2.24) is 4.57 Å². The normalized spacial score (nSPS) is 9.93. The maximum absolute atomic E-state index is 12.6. The van der Waals surface area contributed by atoms with Crippen molar-refractivity contribution in [3.63, 3.8) is 0 Å². The smallest absolute Gasteiger partial charge is 0.343 e. The number of pyridine rings is 1. The number of esters is 1. The molecule has 0 unspecified atom stereocenters. The van der Waals surface area contributed by atoms with Gasteiger partial charge in [0.2, 0.25) is 5.91 Å². The molecule has 0 fully saturated rings. The van der Waals surface area contributed by atoms with Crippen LogP contribution < -0.4 is 10.5 Å². The van der Waals surface area contributed by atoms with Crippen molar-refractivity contribution >= 4 is 23.3 Å². The number of carbonyl (C=O) groups excluding carboxylic acids is 2. The van der Waals surface area contributed by atoms with Crippen molar-refractivity contribution in [3.8, 4) is 6.07 Å². The maximum atomic E-state index is 12.6. The van der Waals surface area contributed by atoms with Gasteiger partial charge < -0.3 is 4.74 Å². The van der Waals surface area contributed by atoms with Gasteiger partial charge in [-0.05, 0) is 12.1 Å². The molecule has 10 heteroatoms. The van der Waals surface area contributed by atoms with Gasteiger partial charge in [-0.3, -0.25) is 29.2 Å². The quantitative estimate of drug-likeness (QED) is 0.321. The summed E-state index contributed by atoms with van der Waals surface area (Å²) in [4.78, 5) is 48.1. The highest BCUT2D eigenvalue weighted by atomic mass is 16.6. The molecule has 10 nitrogen and oxygen atoms in total. The van der Waals surface area contributed by atoms with Crippen molar-refractivity contribution < 1.29 is 19.2 Å². The van der Waals surface area contributed by atoms with E-state index in [-0.39, 0.29) is 6.54 Å². The number of hydrogen-bond acceptors (Lipinski definition) is 7. The number of nitro groups is 1. The van der Waals surface area contributed by atoms with E-state index in [1.54, 1.807) is 30.3 Å². The van der Waals surface area contributed by atoms with Crippen molar-refractivity contribution in [2.24, 2.45) is 0 Å². The molecule has 1 amide bonds. The second-order valence-electron chi connectivity index (χ2n) is 5.27. The summed E-state index contributed by atoms with van der Waals surface area (Å²) in [7, 11) is 1.03. The van der Waals surface area contributed by atoms with Gasteiger partial charge >= 0.3 is 5.97 Å². The summed E-state index contributed by atoms with van der Waals surface area (Å²) in [5.74, 6) is -1.71. The molecule has 0 atom stereocenters. The topological polar surface area (TPSA) is 136 Å². The summed E-state index contributed by atoms with van der Waals surface area (Å²) in [5, 5.41) is 20.0. The minimum Gasteiger partial charge on any atom is -0.465 e. The fourth-order valence-corrected chi connectivity index (χ4v) is 2.33. The number of carbonyl (C=O) groups is 2. The lowest BCUT2D eigenvalue weighted by atomic mass is 10.2. The molecule has 0 radical (unpaired) electrons. The molecule has 0 spiro atoms. The highest BCUT2D eigenvalue weighted by Gasteiger charge is 2.23. The summed E-state index contributed by atoms with van der Waals surface area (Å²) in [6.45, 7) is -0.878. The van der Waals surface area contributed by atoms with E-state index < -0.39 is 40.2 Å². The van der Waals surface area contributed by atoms with Gasteiger partial charge in [-0.1, -0.05) is 18.2 Å². The number of nitrogens with zero attached hydrogens (tertiary/aromatic N) is 4. The van der Waals surface area contributed by atoms with Crippen molar-refractivity contribution in [3.05, 3.63) is 68.6 Å². The zero-order chi connectivity index (χ0) is 20.0. The Kier molecular flexibility index (Phi) is 6.01. The molecular weight excluding hydrogens is 356 g/mol. The number of aromatic nitrogens is 1. The van der Waals surface area contributed by atoms with Gasteiger partial charge in [0, 0.05) is 11.8 Å². The Morgan fingerprint density at radius 3 is 2.56 bits per heavy atom. The second-order valence-corrected chi connectivity index (χ2v) is 5.27. The molecule has 0 aliphatic carbocycles. The molecule has 138 valence electrons. The fraction of sp³-hybridized carbons (Fsp3) is 0.176. The first-order chi connectivity index (χ1) is 12.9. The van der Waals surface area contributed by atoms with Gasteiger partial charge in [0.15, 0.2) is 0 Å². The van der Waals surface area contributed by atoms with Crippen LogP contribution in [-0.4, -0.2) is 35.0 Å². The van der Waals surface area contributed by atoms with Gasteiger partial charge in [0.05, 0.1) is 24.3 Å². The lowest BCUT2D eigenvalue weighted by Gasteiger charge is -2.20. The van der Waals surface area contributed by atoms with Crippen LogP contribution in [0.3, 0.4) is 0 Å². The van der Waals surface area contributed by atoms with Crippen LogP contribution in [0.5, 0.6) is 0 Å². The Labute approximate surface area is 153 Å². The Bertz CT molecular complexity index is 977. The third kappa shape index (κ3) is 4.35. The molecule has 1 aromatic carbocycles. The monoisotopic (exact) mass is 370 g/mol. The van der Waals surface area contributed by atoms with Gasteiger partial charge in [-0.2, -0.15) is 5.26 Å². The third-order valence-corrected chi connectivity index (χ3v) is 3.59. The molecule has 1 aromatic heterocycles. The highest BCUT2D eigenvalue weighted by molar-refractivity contribution is 5.94.